The van der Waals surface area contributed by atoms with Gasteiger partial charge in [0, 0.05) is 11.1 Å². The van der Waals surface area contributed by atoms with Gasteiger partial charge < -0.3 is 16.1 Å². The molecule has 3 aromatic rings. The topological polar surface area (TPSA) is 95.9 Å². The van der Waals surface area contributed by atoms with Crippen molar-refractivity contribution in [1.82, 2.24) is 0 Å². The Kier molecular flexibility index (Phi) is 6.31. The van der Waals surface area contributed by atoms with E-state index in [-0.39, 0.29) is 11.5 Å². The lowest BCUT2D eigenvalue weighted by atomic mass is 10.0. The van der Waals surface area contributed by atoms with Gasteiger partial charge in [-0.2, -0.15) is 5.10 Å². The zero-order chi connectivity index (χ0) is 18.1. The lowest BCUT2D eigenvalue weighted by Crippen LogP contribution is -2.05. The Balaban J connectivity index is 0.000000212. The van der Waals surface area contributed by atoms with Crippen molar-refractivity contribution < 1.29 is 15.0 Å². The van der Waals surface area contributed by atoms with Gasteiger partial charge in [0.15, 0.2) is 6.29 Å². The molecule has 0 saturated carbocycles. The molecule has 3 rings (SSSR count). The third-order valence-electron chi connectivity index (χ3n) is 3.38. The van der Waals surface area contributed by atoms with E-state index >= 15 is 0 Å². The fraction of sp³-hybridized carbons (Fsp3) is 0. The molecule has 0 unspecified atom stereocenters. The average Bonchev–Trinajstić information content (AvgIpc) is 2.66. The summed E-state index contributed by atoms with van der Waals surface area (Å²) >= 11 is 0. The third-order valence-corrected chi connectivity index (χ3v) is 3.38. The Bertz CT molecular complexity index is 844. The maximum atomic E-state index is 10.1. The smallest absolute Gasteiger partial charge is 0.153 e. The second-order valence-electron chi connectivity index (χ2n) is 5.07. The Labute approximate surface area is 145 Å². The lowest BCUT2D eigenvalue weighted by Gasteiger charge is -2.05. The maximum absolute atomic E-state index is 10.1. The van der Waals surface area contributed by atoms with E-state index in [4.69, 9.17) is 10.9 Å². The minimum absolute atomic E-state index is 0.0347. The van der Waals surface area contributed by atoms with Gasteiger partial charge in [-0.25, -0.2) is 0 Å². The summed E-state index contributed by atoms with van der Waals surface area (Å²) < 4.78 is 0. The molecule has 0 aliphatic carbocycles. The van der Waals surface area contributed by atoms with Gasteiger partial charge in [-0.1, -0.05) is 42.5 Å². The first kappa shape index (κ1) is 17.7. The van der Waals surface area contributed by atoms with Crippen molar-refractivity contribution in [3.05, 3.63) is 95.6 Å². The minimum Gasteiger partial charge on any atom is -0.508 e. The molecule has 0 fully saturated rings. The zero-order valence-electron chi connectivity index (χ0n) is 13.4. The van der Waals surface area contributed by atoms with Crippen molar-refractivity contribution in [3.8, 4) is 11.5 Å². The molecular formula is C20H18N2O3. The van der Waals surface area contributed by atoms with Gasteiger partial charge in [0.2, 0.25) is 0 Å². The van der Waals surface area contributed by atoms with Crippen LogP contribution in [0.3, 0.4) is 0 Å². The van der Waals surface area contributed by atoms with Crippen LogP contribution in [0.15, 0.2) is 84.0 Å². The van der Waals surface area contributed by atoms with Crippen molar-refractivity contribution >= 4 is 12.0 Å². The number of para-hydroxylation sites is 1. The molecule has 0 spiro atoms. The highest BCUT2D eigenvalue weighted by Gasteiger charge is 2.05. The molecule has 0 aromatic heterocycles. The molecule has 0 saturated heterocycles. The summed E-state index contributed by atoms with van der Waals surface area (Å²) in [7, 11) is 0. The largest absolute Gasteiger partial charge is 0.508 e. The van der Waals surface area contributed by atoms with Gasteiger partial charge in [-0.15, -0.1) is 0 Å². The summed E-state index contributed by atoms with van der Waals surface area (Å²) in [4.78, 5) is 10.1. The number of aromatic hydroxyl groups is 2. The fourth-order valence-corrected chi connectivity index (χ4v) is 2.12. The SMILES string of the molecule is NN=C(c1ccccc1)c1ccc(O)cc1.O=Cc1ccccc1O. The summed E-state index contributed by atoms with van der Waals surface area (Å²) in [5.74, 6) is 5.66. The van der Waals surface area contributed by atoms with Crippen LogP contribution in [0.1, 0.15) is 21.5 Å². The van der Waals surface area contributed by atoms with Crippen LogP contribution < -0.4 is 5.84 Å². The number of aldehydes is 1. The highest BCUT2D eigenvalue weighted by Crippen LogP contribution is 2.14. The number of phenols is 2. The Hall–Kier alpha value is -3.60. The molecule has 0 radical (unpaired) electrons. The number of phenolic OH excluding ortho intramolecular Hbond substituents is 2. The summed E-state index contributed by atoms with van der Waals surface area (Å²) in [5, 5.41) is 21.9. The second-order valence-corrected chi connectivity index (χ2v) is 5.07. The molecule has 5 nitrogen and oxygen atoms in total. The summed E-state index contributed by atoms with van der Waals surface area (Å²) in [6.07, 6.45) is 0.620. The summed E-state index contributed by atoms with van der Waals surface area (Å²) in [6.45, 7) is 0. The molecule has 0 atom stereocenters. The standard InChI is InChI=1S/C13H12N2O.C7H6O2/c14-15-13(10-4-2-1-3-5-10)11-6-8-12(16)9-7-11;8-5-6-3-1-2-4-7(6)9/h1-9,16H,14H2;1-5,9H. The number of carbonyl (C=O) groups excluding carboxylic acids is 1. The lowest BCUT2D eigenvalue weighted by molar-refractivity contribution is 0.112. The van der Waals surface area contributed by atoms with E-state index in [9.17, 15) is 9.90 Å². The van der Waals surface area contributed by atoms with Gasteiger partial charge >= 0.3 is 0 Å². The van der Waals surface area contributed by atoms with E-state index in [0.717, 1.165) is 11.1 Å². The van der Waals surface area contributed by atoms with Crippen LogP contribution in [-0.4, -0.2) is 22.2 Å². The molecule has 0 heterocycles. The Morgan fingerprint density at radius 1 is 0.800 bits per heavy atom. The monoisotopic (exact) mass is 334 g/mol. The normalized spacial score (nSPS) is 10.5. The third kappa shape index (κ3) is 4.94. The maximum Gasteiger partial charge on any atom is 0.153 e. The molecule has 0 aliphatic heterocycles. The van der Waals surface area contributed by atoms with Crippen LogP contribution in [0, 0.1) is 0 Å². The number of hydrazone groups is 1. The van der Waals surface area contributed by atoms with Crippen LogP contribution in [0.25, 0.3) is 0 Å². The van der Waals surface area contributed by atoms with Gasteiger partial charge in [0.25, 0.3) is 0 Å². The Morgan fingerprint density at radius 2 is 1.36 bits per heavy atom. The molecular weight excluding hydrogens is 316 g/mol. The van der Waals surface area contributed by atoms with Crippen molar-refractivity contribution in [2.24, 2.45) is 10.9 Å². The van der Waals surface area contributed by atoms with Crippen molar-refractivity contribution in [1.29, 1.82) is 0 Å². The van der Waals surface area contributed by atoms with Crippen LogP contribution >= 0.6 is 0 Å². The van der Waals surface area contributed by atoms with Crippen LogP contribution in [0.2, 0.25) is 0 Å². The number of hydrogen-bond acceptors (Lipinski definition) is 5. The fourth-order valence-electron chi connectivity index (χ4n) is 2.12. The number of hydrogen-bond donors (Lipinski definition) is 3. The first-order chi connectivity index (χ1) is 12.2. The number of benzene rings is 3. The molecule has 3 aromatic carbocycles. The molecule has 126 valence electrons. The van der Waals surface area contributed by atoms with E-state index in [1.807, 2.05) is 30.3 Å². The van der Waals surface area contributed by atoms with Gasteiger partial charge in [-0.05, 0) is 36.4 Å². The van der Waals surface area contributed by atoms with Gasteiger partial charge in [-0.3, -0.25) is 4.79 Å². The predicted molar refractivity (Wildman–Crippen MR) is 97.9 cm³/mol. The highest BCUT2D eigenvalue weighted by molar-refractivity contribution is 6.12. The number of nitrogens with two attached hydrogens (primary N) is 1. The first-order valence-electron chi connectivity index (χ1n) is 7.51. The number of carbonyl (C=O) groups is 1. The molecule has 4 N–H and O–H groups in total. The molecule has 0 aliphatic rings. The molecule has 5 heteroatoms. The van der Waals surface area contributed by atoms with E-state index in [0.29, 0.717) is 17.6 Å². The number of rotatable bonds is 3. The predicted octanol–water partition coefficient (Wildman–Crippen LogP) is 3.31. The molecule has 25 heavy (non-hydrogen) atoms. The van der Waals surface area contributed by atoms with E-state index in [2.05, 4.69) is 5.10 Å². The van der Waals surface area contributed by atoms with Crippen LogP contribution in [-0.2, 0) is 0 Å². The Morgan fingerprint density at radius 3 is 1.88 bits per heavy atom. The quantitative estimate of drug-likeness (QED) is 0.296. The van der Waals surface area contributed by atoms with E-state index in [1.54, 1.807) is 42.5 Å². The first-order valence-corrected chi connectivity index (χ1v) is 7.51. The summed E-state index contributed by atoms with van der Waals surface area (Å²) in [5.41, 5.74) is 2.88. The van der Waals surface area contributed by atoms with Gasteiger partial charge in [0.05, 0.1) is 11.3 Å². The molecule has 0 amide bonds. The highest BCUT2D eigenvalue weighted by atomic mass is 16.3. The van der Waals surface area contributed by atoms with E-state index < -0.39 is 0 Å². The van der Waals surface area contributed by atoms with Gasteiger partial charge in [0.1, 0.15) is 11.5 Å². The van der Waals surface area contributed by atoms with Crippen molar-refractivity contribution in [3.63, 3.8) is 0 Å². The second kappa shape index (κ2) is 8.88. The zero-order valence-corrected chi connectivity index (χ0v) is 13.4. The van der Waals surface area contributed by atoms with Crippen LogP contribution in [0.4, 0.5) is 0 Å². The average molecular weight is 334 g/mol. The van der Waals surface area contributed by atoms with Crippen LogP contribution in [0.5, 0.6) is 11.5 Å². The minimum atomic E-state index is 0.0347. The molecule has 0 bridgehead atoms. The van der Waals surface area contributed by atoms with Crippen molar-refractivity contribution in [2.45, 2.75) is 0 Å². The summed E-state index contributed by atoms with van der Waals surface area (Å²) in [6, 6.07) is 22.9. The number of nitrogens with zero attached hydrogens (tertiary/aromatic N) is 1. The van der Waals surface area contributed by atoms with Crippen molar-refractivity contribution in [2.75, 3.05) is 0 Å². The van der Waals surface area contributed by atoms with E-state index in [1.165, 1.54) is 6.07 Å².